The summed E-state index contributed by atoms with van der Waals surface area (Å²) in [6, 6.07) is 8.35. The summed E-state index contributed by atoms with van der Waals surface area (Å²) in [5.41, 5.74) is 2.96. The molecule has 1 saturated carbocycles. The van der Waals surface area contributed by atoms with Gasteiger partial charge in [-0.3, -0.25) is 4.79 Å². The predicted octanol–water partition coefficient (Wildman–Crippen LogP) is 2.92. The smallest absolute Gasteiger partial charge is 0.227 e. The number of carbonyl (C=O) groups is 1. The number of rotatable bonds is 6. The maximum Gasteiger partial charge on any atom is 0.227 e. The van der Waals surface area contributed by atoms with Crippen LogP contribution in [0, 0.1) is 11.3 Å². The standard InChI is InChI=1S/C22H28N4O/c1-23-21(27)22(9-4-10-26(15-22)14-17-7-8-17)11-18-5-2-3-6-20(18)19-12-24-16-25-13-19/h2-3,5-6,12-13,16-17H,4,7-11,14-15H2,1H3,(H,23,27). The largest absolute Gasteiger partial charge is 0.359 e. The van der Waals surface area contributed by atoms with E-state index in [9.17, 15) is 4.79 Å². The quantitative estimate of drug-likeness (QED) is 0.856. The molecule has 1 unspecified atom stereocenters. The first kappa shape index (κ1) is 18.1. The molecule has 0 spiro atoms. The van der Waals surface area contributed by atoms with Gasteiger partial charge in [-0.15, -0.1) is 0 Å². The molecule has 1 saturated heterocycles. The molecule has 5 heteroatoms. The normalized spacial score (nSPS) is 23.1. The topological polar surface area (TPSA) is 58.1 Å². The van der Waals surface area contributed by atoms with Crippen molar-refractivity contribution in [3.63, 3.8) is 0 Å². The number of nitrogens with zero attached hydrogens (tertiary/aromatic N) is 3. The average Bonchev–Trinajstić information content (AvgIpc) is 3.52. The first-order valence-electron chi connectivity index (χ1n) is 9.98. The summed E-state index contributed by atoms with van der Waals surface area (Å²) in [4.78, 5) is 23.9. The van der Waals surface area contributed by atoms with E-state index in [4.69, 9.17) is 0 Å². The number of benzene rings is 1. The molecule has 1 aromatic heterocycles. The second-order valence-corrected chi connectivity index (χ2v) is 8.10. The Morgan fingerprint density at radius 3 is 2.78 bits per heavy atom. The van der Waals surface area contributed by atoms with Crippen LogP contribution in [0.15, 0.2) is 43.0 Å². The van der Waals surface area contributed by atoms with Crippen molar-refractivity contribution in [2.24, 2.45) is 11.3 Å². The van der Waals surface area contributed by atoms with E-state index in [0.29, 0.717) is 0 Å². The van der Waals surface area contributed by atoms with Crippen molar-refractivity contribution in [1.82, 2.24) is 20.2 Å². The van der Waals surface area contributed by atoms with Crippen molar-refractivity contribution in [3.8, 4) is 11.1 Å². The van der Waals surface area contributed by atoms with Crippen LogP contribution >= 0.6 is 0 Å². The van der Waals surface area contributed by atoms with Gasteiger partial charge in [0.25, 0.3) is 0 Å². The minimum Gasteiger partial charge on any atom is -0.359 e. The van der Waals surface area contributed by atoms with Gasteiger partial charge < -0.3 is 10.2 Å². The molecule has 2 heterocycles. The van der Waals surface area contributed by atoms with Crippen LogP contribution in [0.5, 0.6) is 0 Å². The zero-order valence-corrected chi connectivity index (χ0v) is 16.0. The van der Waals surface area contributed by atoms with Crippen LogP contribution in [-0.4, -0.2) is 47.5 Å². The fourth-order valence-electron chi connectivity index (χ4n) is 4.48. The van der Waals surface area contributed by atoms with Crippen molar-refractivity contribution in [1.29, 1.82) is 0 Å². The van der Waals surface area contributed by atoms with Gasteiger partial charge in [-0.1, -0.05) is 24.3 Å². The van der Waals surface area contributed by atoms with E-state index >= 15 is 0 Å². The minimum absolute atomic E-state index is 0.169. The number of amides is 1. The highest BCUT2D eigenvalue weighted by molar-refractivity contribution is 5.83. The van der Waals surface area contributed by atoms with Crippen molar-refractivity contribution in [2.45, 2.75) is 32.1 Å². The SMILES string of the molecule is CNC(=O)C1(Cc2ccccc2-c2cncnc2)CCCN(CC2CC2)C1. The molecule has 2 aliphatic rings. The van der Waals surface area contributed by atoms with Gasteiger partial charge in [0.1, 0.15) is 6.33 Å². The van der Waals surface area contributed by atoms with Gasteiger partial charge in [0.05, 0.1) is 5.41 Å². The van der Waals surface area contributed by atoms with E-state index in [1.54, 1.807) is 13.4 Å². The number of piperidine rings is 1. The van der Waals surface area contributed by atoms with Gasteiger partial charge in [-0.2, -0.15) is 0 Å². The third-order valence-corrected chi connectivity index (χ3v) is 6.00. The molecule has 1 aromatic carbocycles. The van der Waals surface area contributed by atoms with E-state index in [-0.39, 0.29) is 11.3 Å². The molecule has 1 aliphatic carbocycles. The summed E-state index contributed by atoms with van der Waals surface area (Å²) in [6.07, 6.45) is 10.7. The van der Waals surface area contributed by atoms with Gasteiger partial charge in [0, 0.05) is 38.1 Å². The van der Waals surface area contributed by atoms with Crippen LogP contribution in [-0.2, 0) is 11.2 Å². The molecule has 2 fully saturated rings. The molecule has 27 heavy (non-hydrogen) atoms. The Kier molecular flexibility index (Phi) is 5.21. The fraction of sp³-hybridized carbons (Fsp3) is 0.500. The highest BCUT2D eigenvalue weighted by atomic mass is 16.2. The molecule has 5 nitrogen and oxygen atoms in total. The Hall–Kier alpha value is -2.27. The molecule has 142 valence electrons. The van der Waals surface area contributed by atoms with E-state index in [0.717, 1.165) is 55.9 Å². The zero-order valence-electron chi connectivity index (χ0n) is 16.0. The second kappa shape index (κ2) is 7.77. The Balaban J connectivity index is 1.64. The first-order chi connectivity index (χ1) is 13.2. The van der Waals surface area contributed by atoms with Crippen LogP contribution in [0.1, 0.15) is 31.2 Å². The Bertz CT molecular complexity index is 790. The molecule has 1 aliphatic heterocycles. The van der Waals surface area contributed by atoms with Crippen molar-refractivity contribution < 1.29 is 4.79 Å². The van der Waals surface area contributed by atoms with E-state index < -0.39 is 0 Å². The van der Waals surface area contributed by atoms with Crippen molar-refractivity contribution in [2.75, 3.05) is 26.7 Å². The number of likely N-dealkylation sites (tertiary alicyclic amines) is 1. The third-order valence-electron chi connectivity index (χ3n) is 6.00. The van der Waals surface area contributed by atoms with Gasteiger partial charge in [0.15, 0.2) is 0 Å². The maximum atomic E-state index is 13.0. The highest BCUT2D eigenvalue weighted by Gasteiger charge is 2.43. The van der Waals surface area contributed by atoms with Gasteiger partial charge in [-0.25, -0.2) is 9.97 Å². The molecule has 4 rings (SSSR count). The number of hydrogen-bond acceptors (Lipinski definition) is 4. The Labute approximate surface area is 161 Å². The lowest BCUT2D eigenvalue weighted by atomic mass is 9.73. The fourth-order valence-corrected chi connectivity index (χ4v) is 4.48. The molecule has 1 atom stereocenters. The summed E-state index contributed by atoms with van der Waals surface area (Å²) < 4.78 is 0. The monoisotopic (exact) mass is 364 g/mol. The van der Waals surface area contributed by atoms with Crippen LogP contribution in [0.25, 0.3) is 11.1 Å². The number of hydrogen-bond donors (Lipinski definition) is 1. The number of nitrogens with one attached hydrogen (secondary N) is 1. The van der Waals surface area contributed by atoms with Gasteiger partial charge in [0.2, 0.25) is 5.91 Å². The summed E-state index contributed by atoms with van der Waals surface area (Å²) in [6.45, 7) is 3.11. The lowest BCUT2D eigenvalue weighted by Crippen LogP contribution is -2.52. The molecule has 2 aromatic rings. The zero-order chi connectivity index (χ0) is 18.7. The summed E-state index contributed by atoms with van der Waals surface area (Å²) in [5.74, 6) is 1.02. The molecule has 0 radical (unpaired) electrons. The minimum atomic E-state index is -0.367. The van der Waals surface area contributed by atoms with E-state index in [1.807, 2.05) is 18.5 Å². The van der Waals surface area contributed by atoms with Crippen LogP contribution in [0.4, 0.5) is 0 Å². The lowest BCUT2D eigenvalue weighted by Gasteiger charge is -2.42. The number of carbonyl (C=O) groups excluding carboxylic acids is 1. The van der Waals surface area contributed by atoms with Crippen LogP contribution < -0.4 is 5.32 Å². The summed E-state index contributed by atoms with van der Waals surface area (Å²) in [5, 5.41) is 2.95. The first-order valence-corrected chi connectivity index (χ1v) is 9.98. The average molecular weight is 364 g/mol. The molecule has 1 N–H and O–H groups in total. The van der Waals surface area contributed by atoms with Gasteiger partial charge >= 0.3 is 0 Å². The molecule has 1 amide bonds. The van der Waals surface area contributed by atoms with Gasteiger partial charge in [-0.05, 0) is 55.7 Å². The Morgan fingerprint density at radius 2 is 2.04 bits per heavy atom. The molecular formula is C22H28N4O. The Morgan fingerprint density at radius 1 is 1.26 bits per heavy atom. The summed E-state index contributed by atoms with van der Waals surface area (Å²) in [7, 11) is 1.76. The number of aromatic nitrogens is 2. The van der Waals surface area contributed by atoms with Crippen LogP contribution in [0.3, 0.4) is 0 Å². The van der Waals surface area contributed by atoms with E-state index in [2.05, 4.69) is 38.4 Å². The second-order valence-electron chi connectivity index (χ2n) is 8.10. The van der Waals surface area contributed by atoms with Crippen molar-refractivity contribution in [3.05, 3.63) is 48.5 Å². The summed E-state index contributed by atoms with van der Waals surface area (Å²) >= 11 is 0. The maximum absolute atomic E-state index is 13.0. The van der Waals surface area contributed by atoms with Crippen LogP contribution in [0.2, 0.25) is 0 Å². The van der Waals surface area contributed by atoms with Crippen molar-refractivity contribution >= 4 is 5.91 Å². The third kappa shape index (κ3) is 4.03. The molecule has 0 bridgehead atoms. The lowest BCUT2D eigenvalue weighted by molar-refractivity contribution is -0.134. The molecular weight excluding hydrogens is 336 g/mol. The van der Waals surface area contributed by atoms with E-state index in [1.165, 1.54) is 18.4 Å². The highest BCUT2D eigenvalue weighted by Crippen LogP contribution is 2.39. The predicted molar refractivity (Wildman–Crippen MR) is 106 cm³/mol.